The van der Waals surface area contributed by atoms with Gasteiger partial charge in [-0.15, -0.1) is 0 Å². The van der Waals surface area contributed by atoms with Gasteiger partial charge in [-0.1, -0.05) is 212 Å². The van der Waals surface area contributed by atoms with Gasteiger partial charge in [0, 0.05) is 5.69 Å². The summed E-state index contributed by atoms with van der Waals surface area (Å²) < 4.78 is 2.47. The normalized spacial score (nSPS) is 12.3. The highest BCUT2D eigenvalue weighted by atomic mass is 15.0. The molecule has 63 heavy (non-hydrogen) atoms. The van der Waals surface area contributed by atoms with Crippen LogP contribution in [0.25, 0.3) is 117 Å². The number of hydrogen-bond donors (Lipinski definition) is 0. The van der Waals surface area contributed by atoms with Gasteiger partial charge in [-0.2, -0.15) is 0 Å². The standard InChI is InChI=1S/C62H43N/c1-5-19-42(20-6-1)51-36-33-44-23-13-15-29-49(44)59(51)61-53-31-17-18-32-54(53)62(60-50-30-16-14-24-45(50)34-37-52(60)43-21-7-2-8-22-43)56-41-48(35-38-55(56)61)63-57(46-25-9-3-10-26-46)39-40-58(63)47-27-11-4-12-28-47/h1-16,19-41H,17-18H2. The fraction of sp³-hybridized carbons (Fsp3) is 0.0323. The zero-order chi connectivity index (χ0) is 41.7. The lowest BCUT2D eigenvalue weighted by Gasteiger charge is -2.24. The fourth-order valence-electron chi connectivity index (χ4n) is 10.3. The molecule has 1 nitrogen and oxygen atoms in total. The Labute approximate surface area is 367 Å². The molecule has 0 amide bonds. The quantitative estimate of drug-likeness (QED) is 0.151. The van der Waals surface area contributed by atoms with Gasteiger partial charge in [-0.3, -0.25) is 0 Å². The highest BCUT2D eigenvalue weighted by Gasteiger charge is 2.24. The molecule has 0 radical (unpaired) electrons. The maximum Gasteiger partial charge on any atom is 0.0535 e. The molecule has 10 aromatic carbocycles. The highest BCUT2D eigenvalue weighted by Crippen LogP contribution is 2.45. The van der Waals surface area contributed by atoms with E-state index in [1.807, 2.05) is 0 Å². The molecule has 11 aromatic rings. The van der Waals surface area contributed by atoms with E-state index in [0.29, 0.717) is 0 Å². The van der Waals surface area contributed by atoms with Crippen molar-refractivity contribution in [2.75, 3.05) is 0 Å². The van der Waals surface area contributed by atoms with E-state index in [1.54, 1.807) is 0 Å². The molecule has 1 aliphatic rings. The van der Waals surface area contributed by atoms with Crippen LogP contribution < -0.4 is 10.4 Å². The van der Waals surface area contributed by atoms with Crippen LogP contribution in [0.3, 0.4) is 0 Å². The number of benzene rings is 10. The highest BCUT2D eigenvalue weighted by molar-refractivity contribution is 6.17. The van der Waals surface area contributed by atoms with Gasteiger partial charge in [0.15, 0.2) is 0 Å². The molecule has 1 aromatic heterocycles. The molecule has 0 atom stereocenters. The molecular formula is C62H43N. The Morgan fingerprint density at radius 2 is 0.698 bits per heavy atom. The molecule has 0 spiro atoms. The Morgan fingerprint density at radius 3 is 1.17 bits per heavy atom. The monoisotopic (exact) mass is 801 g/mol. The van der Waals surface area contributed by atoms with Gasteiger partial charge < -0.3 is 4.57 Å². The molecule has 0 fully saturated rings. The van der Waals surface area contributed by atoms with Gasteiger partial charge in [0.05, 0.1) is 11.4 Å². The average Bonchev–Trinajstić information content (AvgIpc) is 3.82. The van der Waals surface area contributed by atoms with Crippen molar-refractivity contribution in [3.05, 3.63) is 235 Å². The SMILES string of the molecule is C1=c2c(-c3c(-c4ccccc4)ccc4ccccc34)c3ccc(-n4c(-c5ccccc5)ccc4-c4ccccc4)cc3c(-c3c(-c4ccccc4)ccc4ccccc34)c2=CCC1. The number of fused-ring (bicyclic) bond motifs is 4. The number of rotatable bonds is 7. The molecule has 296 valence electrons. The maximum atomic E-state index is 2.53. The Bertz CT molecular complexity index is 3580. The van der Waals surface area contributed by atoms with Crippen LogP contribution in [0.5, 0.6) is 0 Å². The predicted octanol–water partition coefficient (Wildman–Crippen LogP) is 15.3. The minimum atomic E-state index is 0.977. The molecule has 1 heteroatoms. The van der Waals surface area contributed by atoms with E-state index in [9.17, 15) is 0 Å². The van der Waals surface area contributed by atoms with E-state index in [1.165, 1.54) is 98.4 Å². The van der Waals surface area contributed by atoms with E-state index < -0.39 is 0 Å². The Kier molecular flexibility index (Phi) is 9.04. The summed E-state index contributed by atoms with van der Waals surface area (Å²) in [7, 11) is 0. The number of hydrogen-bond acceptors (Lipinski definition) is 0. The van der Waals surface area contributed by atoms with E-state index in [4.69, 9.17) is 0 Å². The molecule has 0 bridgehead atoms. The molecule has 0 N–H and O–H groups in total. The van der Waals surface area contributed by atoms with Gasteiger partial charge >= 0.3 is 0 Å². The number of nitrogens with zero attached hydrogens (tertiary/aromatic N) is 1. The van der Waals surface area contributed by atoms with Gasteiger partial charge in [0.2, 0.25) is 0 Å². The third-order valence-corrected chi connectivity index (χ3v) is 13.0. The van der Waals surface area contributed by atoms with Crippen LogP contribution in [0, 0.1) is 0 Å². The lowest BCUT2D eigenvalue weighted by Crippen LogP contribution is -2.32. The summed E-state index contributed by atoms with van der Waals surface area (Å²) in [5.41, 5.74) is 15.8. The van der Waals surface area contributed by atoms with Crippen molar-refractivity contribution >= 4 is 44.5 Å². The second-order valence-electron chi connectivity index (χ2n) is 16.6. The van der Waals surface area contributed by atoms with Crippen LogP contribution in [0.2, 0.25) is 0 Å². The molecule has 0 saturated heterocycles. The van der Waals surface area contributed by atoms with Crippen LogP contribution in [-0.4, -0.2) is 4.57 Å². The first-order valence-electron chi connectivity index (χ1n) is 22.1. The Hall–Kier alpha value is -8.00. The van der Waals surface area contributed by atoms with Crippen molar-refractivity contribution < 1.29 is 0 Å². The smallest absolute Gasteiger partial charge is 0.0535 e. The maximum absolute atomic E-state index is 2.53. The lowest BCUT2D eigenvalue weighted by molar-refractivity contribution is 1.10. The fourth-order valence-corrected chi connectivity index (χ4v) is 10.3. The van der Waals surface area contributed by atoms with Crippen molar-refractivity contribution in [2.45, 2.75) is 12.8 Å². The Morgan fingerprint density at radius 1 is 0.286 bits per heavy atom. The third kappa shape index (κ3) is 6.24. The van der Waals surface area contributed by atoms with Crippen molar-refractivity contribution in [3.8, 4) is 72.7 Å². The van der Waals surface area contributed by atoms with Crippen LogP contribution >= 0.6 is 0 Å². The van der Waals surface area contributed by atoms with E-state index in [2.05, 4.69) is 241 Å². The predicted molar refractivity (Wildman–Crippen MR) is 268 cm³/mol. The van der Waals surface area contributed by atoms with Gasteiger partial charge in [0.25, 0.3) is 0 Å². The summed E-state index contributed by atoms with van der Waals surface area (Å²) in [4.78, 5) is 0. The first-order chi connectivity index (χ1) is 31.3. The van der Waals surface area contributed by atoms with Crippen molar-refractivity contribution in [1.82, 2.24) is 4.57 Å². The summed E-state index contributed by atoms with van der Waals surface area (Å²) in [5, 5.41) is 10.1. The Balaban J connectivity index is 1.29. The topological polar surface area (TPSA) is 4.93 Å². The van der Waals surface area contributed by atoms with E-state index in [-0.39, 0.29) is 0 Å². The van der Waals surface area contributed by atoms with E-state index >= 15 is 0 Å². The first kappa shape index (κ1) is 36.8. The van der Waals surface area contributed by atoms with Crippen LogP contribution in [0.4, 0.5) is 0 Å². The molecule has 0 aliphatic heterocycles. The van der Waals surface area contributed by atoms with Gasteiger partial charge in [0.1, 0.15) is 0 Å². The summed E-state index contributed by atoms with van der Waals surface area (Å²) in [6.07, 6.45) is 7.02. The van der Waals surface area contributed by atoms with Crippen molar-refractivity contribution in [1.29, 1.82) is 0 Å². The molecule has 1 heterocycles. The third-order valence-electron chi connectivity index (χ3n) is 13.0. The van der Waals surface area contributed by atoms with E-state index in [0.717, 1.165) is 29.9 Å². The second kappa shape index (κ2) is 15.5. The number of aromatic nitrogens is 1. The molecule has 0 saturated carbocycles. The molecular weight excluding hydrogens is 759 g/mol. The van der Waals surface area contributed by atoms with Crippen molar-refractivity contribution in [3.63, 3.8) is 0 Å². The lowest BCUT2D eigenvalue weighted by atomic mass is 9.80. The van der Waals surface area contributed by atoms with Crippen LogP contribution in [-0.2, 0) is 0 Å². The summed E-state index contributed by atoms with van der Waals surface area (Å²) in [5.74, 6) is 0. The van der Waals surface area contributed by atoms with Gasteiger partial charge in [-0.25, -0.2) is 0 Å². The van der Waals surface area contributed by atoms with Crippen LogP contribution in [0.15, 0.2) is 224 Å². The molecule has 12 rings (SSSR count). The molecule has 1 aliphatic carbocycles. The summed E-state index contributed by atoms with van der Waals surface area (Å²) in [6.45, 7) is 0. The second-order valence-corrected chi connectivity index (χ2v) is 16.6. The van der Waals surface area contributed by atoms with Gasteiger partial charge in [-0.05, 0) is 135 Å². The largest absolute Gasteiger partial charge is 0.309 e. The van der Waals surface area contributed by atoms with Crippen LogP contribution in [0.1, 0.15) is 12.8 Å². The average molecular weight is 802 g/mol. The van der Waals surface area contributed by atoms with Crippen molar-refractivity contribution in [2.24, 2.45) is 0 Å². The zero-order valence-electron chi connectivity index (χ0n) is 34.9. The minimum absolute atomic E-state index is 0.977. The summed E-state index contributed by atoms with van der Waals surface area (Å²) >= 11 is 0. The molecule has 0 unspecified atom stereocenters. The summed E-state index contributed by atoms with van der Waals surface area (Å²) in [6, 6.07) is 82.6. The first-order valence-corrected chi connectivity index (χ1v) is 22.1. The zero-order valence-corrected chi connectivity index (χ0v) is 34.9. The minimum Gasteiger partial charge on any atom is -0.309 e.